The van der Waals surface area contributed by atoms with E-state index in [1.807, 2.05) is 0 Å². The normalized spacial score (nSPS) is 10.7. The van der Waals surface area contributed by atoms with Gasteiger partial charge in [0.1, 0.15) is 11.6 Å². The number of phenolic OH excluding ortho intramolecular Hbond substituents is 1. The van der Waals surface area contributed by atoms with E-state index >= 15 is 0 Å². The minimum atomic E-state index is -0.573. The van der Waals surface area contributed by atoms with E-state index in [4.69, 9.17) is 23.2 Å². The molecule has 21 heavy (non-hydrogen) atoms. The predicted octanol–water partition coefficient (Wildman–Crippen LogP) is 6.39. The maximum absolute atomic E-state index is 14.1. The smallest absolute Gasteiger partial charge is 0.137 e. The fourth-order valence-electron chi connectivity index (χ4n) is 2.11. The highest BCUT2D eigenvalue weighted by molar-refractivity contribution is 9.10. The van der Waals surface area contributed by atoms with Crippen LogP contribution in [-0.4, -0.2) is 10.1 Å². The molecule has 0 aliphatic carbocycles. The molecule has 3 rings (SSSR count). The van der Waals surface area contributed by atoms with Crippen molar-refractivity contribution in [2.24, 2.45) is 0 Å². The van der Waals surface area contributed by atoms with Gasteiger partial charge in [0.15, 0.2) is 0 Å². The van der Waals surface area contributed by atoms with Crippen molar-refractivity contribution in [3.8, 4) is 17.0 Å². The van der Waals surface area contributed by atoms with Crippen LogP contribution in [-0.2, 0) is 0 Å². The summed E-state index contributed by atoms with van der Waals surface area (Å²) in [5.74, 6) is -0.771. The van der Waals surface area contributed by atoms with Gasteiger partial charge in [-0.05, 0) is 30.3 Å². The van der Waals surface area contributed by atoms with E-state index in [1.165, 1.54) is 12.1 Å². The number of aromatic hydroxyl groups is 1. The third-order valence-corrected chi connectivity index (χ3v) is 4.07. The molecule has 2 N–H and O–H groups in total. The minimum Gasteiger partial charge on any atom is -0.507 e. The van der Waals surface area contributed by atoms with Crippen molar-refractivity contribution in [3.05, 3.63) is 50.7 Å². The van der Waals surface area contributed by atoms with Crippen LogP contribution in [0.4, 0.5) is 4.39 Å². The van der Waals surface area contributed by atoms with Gasteiger partial charge in [-0.15, -0.1) is 0 Å². The predicted molar refractivity (Wildman–Crippen MR) is 89.8 cm³/mol. The Balaban J connectivity index is 0.00000161. The maximum atomic E-state index is 14.1. The number of aromatic nitrogens is 1. The van der Waals surface area contributed by atoms with Crippen LogP contribution in [0.15, 0.2) is 34.8 Å². The van der Waals surface area contributed by atoms with E-state index in [1.54, 1.807) is 18.2 Å². The number of aromatic amines is 1. The van der Waals surface area contributed by atoms with E-state index in [0.29, 0.717) is 25.6 Å². The van der Waals surface area contributed by atoms with Crippen LogP contribution in [0.25, 0.3) is 22.2 Å². The summed E-state index contributed by atoms with van der Waals surface area (Å²) in [4.78, 5) is 3.00. The SMILES string of the molecule is C.Oc1cc(Br)cc(F)c1-c1[nH]c2ccc(Cl)cc2c1Cl. The molecular formula is C15H11BrCl2FNO. The summed E-state index contributed by atoms with van der Waals surface area (Å²) in [5.41, 5.74) is 1.08. The van der Waals surface area contributed by atoms with E-state index in [9.17, 15) is 9.50 Å². The molecule has 0 fully saturated rings. The van der Waals surface area contributed by atoms with Crippen LogP contribution in [0.1, 0.15) is 7.43 Å². The van der Waals surface area contributed by atoms with Crippen LogP contribution in [0, 0.1) is 5.82 Å². The zero-order valence-corrected chi connectivity index (χ0v) is 12.9. The van der Waals surface area contributed by atoms with Crippen LogP contribution in [0.3, 0.4) is 0 Å². The van der Waals surface area contributed by atoms with Gasteiger partial charge < -0.3 is 10.1 Å². The topological polar surface area (TPSA) is 36.0 Å². The van der Waals surface area contributed by atoms with Crippen molar-refractivity contribution in [2.45, 2.75) is 7.43 Å². The Kier molecular flexibility index (Phi) is 4.51. The van der Waals surface area contributed by atoms with Crippen molar-refractivity contribution in [1.29, 1.82) is 0 Å². The Hall–Kier alpha value is -1.23. The Morgan fingerprint density at radius 3 is 2.52 bits per heavy atom. The molecule has 0 unspecified atom stereocenters. The van der Waals surface area contributed by atoms with Gasteiger partial charge in [-0.3, -0.25) is 0 Å². The van der Waals surface area contributed by atoms with Gasteiger partial charge in [0, 0.05) is 20.4 Å². The fraction of sp³-hybridized carbons (Fsp3) is 0.0667. The molecule has 0 saturated heterocycles. The standard InChI is InChI=1S/C14H7BrCl2FNO.CH4/c15-6-3-9(18)12(11(20)4-6)14-13(17)8-5-7(16)1-2-10(8)19-14;/h1-5,19-20H;1H4. The van der Waals surface area contributed by atoms with Crippen LogP contribution < -0.4 is 0 Å². The summed E-state index contributed by atoms with van der Waals surface area (Å²) in [7, 11) is 0. The summed E-state index contributed by atoms with van der Waals surface area (Å²) in [6.07, 6.45) is 0. The lowest BCUT2D eigenvalue weighted by molar-refractivity contribution is 0.471. The van der Waals surface area contributed by atoms with Crippen molar-refractivity contribution in [2.75, 3.05) is 0 Å². The molecule has 0 atom stereocenters. The second kappa shape index (κ2) is 5.87. The average molecular weight is 391 g/mol. The lowest BCUT2D eigenvalue weighted by Crippen LogP contribution is -1.87. The molecule has 3 aromatic rings. The Morgan fingerprint density at radius 1 is 1.14 bits per heavy atom. The number of hydrogen-bond acceptors (Lipinski definition) is 1. The van der Waals surface area contributed by atoms with Gasteiger partial charge in [0.2, 0.25) is 0 Å². The molecule has 2 nitrogen and oxygen atoms in total. The Labute approximate surface area is 139 Å². The molecule has 2 aromatic carbocycles. The molecule has 0 amide bonds. The number of halogens is 4. The van der Waals surface area contributed by atoms with Gasteiger partial charge in [0.25, 0.3) is 0 Å². The summed E-state index contributed by atoms with van der Waals surface area (Å²) in [6.45, 7) is 0. The largest absolute Gasteiger partial charge is 0.507 e. The first-order valence-corrected chi connectivity index (χ1v) is 7.17. The maximum Gasteiger partial charge on any atom is 0.137 e. The number of rotatable bonds is 1. The molecule has 0 bridgehead atoms. The highest BCUT2D eigenvalue weighted by atomic mass is 79.9. The molecule has 1 aromatic heterocycles. The molecule has 0 aliphatic heterocycles. The van der Waals surface area contributed by atoms with Crippen LogP contribution >= 0.6 is 39.1 Å². The summed E-state index contributed by atoms with van der Waals surface area (Å²) < 4.78 is 14.5. The monoisotopic (exact) mass is 389 g/mol. The van der Waals surface area contributed by atoms with Crippen LogP contribution in [0.2, 0.25) is 10.0 Å². The van der Waals surface area contributed by atoms with Gasteiger partial charge >= 0.3 is 0 Å². The first kappa shape index (κ1) is 16.1. The number of hydrogen-bond donors (Lipinski definition) is 2. The van der Waals surface area contributed by atoms with Gasteiger partial charge in [0.05, 0.1) is 16.3 Å². The van der Waals surface area contributed by atoms with E-state index in [0.717, 1.165) is 5.52 Å². The third-order valence-electron chi connectivity index (χ3n) is 2.98. The third kappa shape index (κ3) is 2.76. The van der Waals surface area contributed by atoms with Crippen molar-refractivity contribution < 1.29 is 9.50 Å². The lowest BCUT2D eigenvalue weighted by Gasteiger charge is -2.05. The summed E-state index contributed by atoms with van der Waals surface area (Å²) in [5, 5.41) is 11.5. The summed E-state index contributed by atoms with van der Waals surface area (Å²) in [6, 6.07) is 7.82. The second-order valence-electron chi connectivity index (χ2n) is 4.29. The van der Waals surface area contributed by atoms with E-state index in [-0.39, 0.29) is 18.7 Å². The number of nitrogens with one attached hydrogen (secondary N) is 1. The quantitative estimate of drug-likeness (QED) is 0.496. The van der Waals surface area contributed by atoms with Crippen LogP contribution in [0.5, 0.6) is 5.75 Å². The molecule has 110 valence electrons. The van der Waals surface area contributed by atoms with E-state index < -0.39 is 5.82 Å². The average Bonchev–Trinajstić information content (AvgIpc) is 2.66. The second-order valence-corrected chi connectivity index (χ2v) is 6.02. The first-order chi connectivity index (χ1) is 9.47. The van der Waals surface area contributed by atoms with E-state index in [2.05, 4.69) is 20.9 Å². The molecule has 0 saturated carbocycles. The molecule has 1 heterocycles. The van der Waals surface area contributed by atoms with Crippen molar-refractivity contribution >= 4 is 50.0 Å². The minimum absolute atomic E-state index is 0. The molecule has 0 spiro atoms. The fourth-order valence-corrected chi connectivity index (χ4v) is 3.00. The Morgan fingerprint density at radius 2 is 1.86 bits per heavy atom. The Bertz CT molecular complexity index is 809. The molecule has 0 aliphatic rings. The summed E-state index contributed by atoms with van der Waals surface area (Å²) >= 11 is 15.3. The van der Waals surface area contributed by atoms with Gasteiger partial charge in [-0.25, -0.2) is 4.39 Å². The number of H-pyrrole nitrogens is 1. The highest BCUT2D eigenvalue weighted by Gasteiger charge is 2.19. The lowest BCUT2D eigenvalue weighted by atomic mass is 10.1. The van der Waals surface area contributed by atoms with Gasteiger partial charge in [-0.1, -0.05) is 46.6 Å². The molecular weight excluding hydrogens is 380 g/mol. The number of phenols is 1. The first-order valence-electron chi connectivity index (χ1n) is 5.62. The molecule has 6 heteroatoms. The van der Waals surface area contributed by atoms with Crippen molar-refractivity contribution in [3.63, 3.8) is 0 Å². The van der Waals surface area contributed by atoms with Crippen molar-refractivity contribution in [1.82, 2.24) is 4.98 Å². The number of benzene rings is 2. The zero-order valence-electron chi connectivity index (χ0n) is 9.85. The van der Waals surface area contributed by atoms with Gasteiger partial charge in [-0.2, -0.15) is 0 Å². The zero-order chi connectivity index (χ0) is 14.4. The number of fused-ring (bicyclic) bond motifs is 1. The molecule has 0 radical (unpaired) electrons. The highest BCUT2D eigenvalue weighted by Crippen LogP contribution is 2.41.